The molecule has 1 aliphatic heterocycles. The van der Waals surface area contributed by atoms with Crippen molar-refractivity contribution in [1.29, 1.82) is 0 Å². The predicted octanol–water partition coefficient (Wildman–Crippen LogP) is 2.91. The van der Waals surface area contributed by atoms with Crippen molar-refractivity contribution < 1.29 is 28.6 Å². The van der Waals surface area contributed by atoms with Gasteiger partial charge in [-0.2, -0.15) is 0 Å². The zero-order valence-corrected chi connectivity index (χ0v) is 16.4. The summed E-state index contributed by atoms with van der Waals surface area (Å²) < 4.78 is 15.5. The van der Waals surface area contributed by atoms with E-state index in [1.54, 1.807) is 0 Å². The van der Waals surface area contributed by atoms with Crippen LogP contribution in [0.1, 0.15) is 24.0 Å². The van der Waals surface area contributed by atoms with E-state index in [9.17, 15) is 14.4 Å². The lowest BCUT2D eigenvalue weighted by molar-refractivity contribution is -0.143. The number of alkyl carbamates (subject to hydrolysis) is 2. The molecular formula is C22H24N2O6. The zero-order chi connectivity index (χ0) is 21.2. The average molecular weight is 412 g/mol. The van der Waals surface area contributed by atoms with Crippen molar-refractivity contribution in [1.82, 2.24) is 10.6 Å². The Bertz CT molecular complexity index is 843. The monoisotopic (exact) mass is 412 g/mol. The first-order valence-corrected chi connectivity index (χ1v) is 9.72. The maximum absolute atomic E-state index is 11.9. The van der Waals surface area contributed by atoms with E-state index in [4.69, 9.17) is 14.2 Å². The lowest BCUT2D eigenvalue weighted by atomic mass is 10.1. The molecule has 2 atom stereocenters. The molecule has 2 unspecified atom stereocenters. The molecule has 2 aromatic carbocycles. The molecule has 0 saturated carbocycles. The molecule has 30 heavy (non-hydrogen) atoms. The Hall–Kier alpha value is -3.55. The molecule has 1 aliphatic rings. The molecule has 2 N–H and O–H groups in total. The number of amides is 2. The van der Waals surface area contributed by atoms with E-state index < -0.39 is 30.3 Å². The van der Waals surface area contributed by atoms with Crippen molar-refractivity contribution in [3.63, 3.8) is 0 Å². The number of benzene rings is 2. The molecule has 1 fully saturated rings. The van der Waals surface area contributed by atoms with Crippen LogP contribution in [0.3, 0.4) is 0 Å². The van der Waals surface area contributed by atoms with Crippen LogP contribution in [0.4, 0.5) is 9.59 Å². The number of hydrogen-bond acceptors (Lipinski definition) is 6. The van der Waals surface area contributed by atoms with Crippen LogP contribution < -0.4 is 10.6 Å². The predicted molar refractivity (Wildman–Crippen MR) is 107 cm³/mol. The van der Waals surface area contributed by atoms with Gasteiger partial charge in [-0.3, -0.25) is 0 Å². The first kappa shape index (κ1) is 21.2. The third kappa shape index (κ3) is 6.80. The van der Waals surface area contributed by atoms with E-state index in [1.807, 2.05) is 60.7 Å². The summed E-state index contributed by atoms with van der Waals surface area (Å²) in [6, 6.07) is 17.8. The summed E-state index contributed by atoms with van der Waals surface area (Å²) >= 11 is 0. The summed E-state index contributed by atoms with van der Waals surface area (Å²) in [4.78, 5) is 35.6. The van der Waals surface area contributed by atoms with E-state index in [0.29, 0.717) is 12.8 Å². The van der Waals surface area contributed by atoms with Crippen LogP contribution in [0, 0.1) is 0 Å². The minimum absolute atomic E-state index is 0.118. The summed E-state index contributed by atoms with van der Waals surface area (Å²) in [5.41, 5.74) is 1.75. The van der Waals surface area contributed by atoms with Gasteiger partial charge in [0, 0.05) is 19.4 Å². The molecule has 8 nitrogen and oxygen atoms in total. The van der Waals surface area contributed by atoms with Gasteiger partial charge in [-0.15, -0.1) is 0 Å². The molecule has 1 heterocycles. The molecular weight excluding hydrogens is 388 g/mol. The fraction of sp³-hybridized carbons (Fsp3) is 0.318. The molecule has 2 amide bonds. The van der Waals surface area contributed by atoms with Crippen LogP contribution in [-0.4, -0.2) is 36.8 Å². The minimum atomic E-state index is -0.761. The third-order valence-corrected chi connectivity index (χ3v) is 4.52. The number of hydrogen-bond donors (Lipinski definition) is 2. The Balaban J connectivity index is 1.31. The second-order valence-corrected chi connectivity index (χ2v) is 6.83. The fourth-order valence-electron chi connectivity index (χ4n) is 2.96. The van der Waals surface area contributed by atoms with Crippen molar-refractivity contribution in [3.8, 4) is 0 Å². The van der Waals surface area contributed by atoms with Gasteiger partial charge in [0.15, 0.2) is 0 Å². The molecule has 0 bridgehead atoms. The maximum Gasteiger partial charge on any atom is 0.408 e. The Morgan fingerprint density at radius 1 is 0.900 bits per heavy atom. The van der Waals surface area contributed by atoms with Gasteiger partial charge in [-0.05, 0) is 11.1 Å². The molecule has 8 heteroatoms. The van der Waals surface area contributed by atoms with Gasteiger partial charge >= 0.3 is 18.2 Å². The van der Waals surface area contributed by atoms with Crippen molar-refractivity contribution in [2.75, 3.05) is 6.54 Å². The quantitative estimate of drug-likeness (QED) is 0.511. The summed E-state index contributed by atoms with van der Waals surface area (Å²) in [6.45, 7) is 0.589. The van der Waals surface area contributed by atoms with Crippen LogP contribution in [0.5, 0.6) is 0 Å². The van der Waals surface area contributed by atoms with Crippen molar-refractivity contribution >= 4 is 18.2 Å². The van der Waals surface area contributed by atoms with Gasteiger partial charge < -0.3 is 24.8 Å². The highest BCUT2D eigenvalue weighted by Gasteiger charge is 2.35. The van der Waals surface area contributed by atoms with E-state index in [2.05, 4.69) is 10.6 Å². The van der Waals surface area contributed by atoms with Gasteiger partial charge in [-0.25, -0.2) is 14.4 Å². The normalized spacial score (nSPS) is 17.7. The number of ether oxygens (including phenoxy) is 3. The summed E-state index contributed by atoms with van der Waals surface area (Å²) in [6.07, 6.45) is -0.874. The van der Waals surface area contributed by atoms with Gasteiger partial charge in [0.25, 0.3) is 0 Å². The second-order valence-electron chi connectivity index (χ2n) is 6.83. The van der Waals surface area contributed by atoms with E-state index in [-0.39, 0.29) is 19.8 Å². The number of carbonyl (C=O) groups is 3. The highest BCUT2D eigenvalue weighted by molar-refractivity contribution is 5.83. The number of rotatable bonds is 8. The fourth-order valence-corrected chi connectivity index (χ4v) is 2.96. The number of carbonyl (C=O) groups excluding carboxylic acids is 3. The van der Waals surface area contributed by atoms with Gasteiger partial charge in [0.05, 0.1) is 0 Å². The molecule has 1 saturated heterocycles. The van der Waals surface area contributed by atoms with Crippen LogP contribution in [0.15, 0.2) is 60.7 Å². The van der Waals surface area contributed by atoms with E-state index in [0.717, 1.165) is 11.1 Å². The Labute approximate surface area is 174 Å². The van der Waals surface area contributed by atoms with Gasteiger partial charge in [0.1, 0.15) is 25.4 Å². The first-order valence-electron chi connectivity index (χ1n) is 9.72. The third-order valence-electron chi connectivity index (χ3n) is 4.52. The molecule has 0 radical (unpaired) electrons. The van der Waals surface area contributed by atoms with Crippen molar-refractivity contribution in [2.45, 2.75) is 38.2 Å². The van der Waals surface area contributed by atoms with Crippen molar-refractivity contribution in [3.05, 3.63) is 71.8 Å². The molecule has 2 aromatic rings. The zero-order valence-electron chi connectivity index (χ0n) is 16.4. The first-order chi connectivity index (χ1) is 14.6. The minimum Gasteiger partial charge on any atom is -0.461 e. The highest BCUT2D eigenvalue weighted by Crippen LogP contribution is 2.18. The average Bonchev–Trinajstić information content (AvgIpc) is 3.11. The smallest absolute Gasteiger partial charge is 0.408 e. The van der Waals surface area contributed by atoms with Gasteiger partial charge in [0.2, 0.25) is 0 Å². The van der Waals surface area contributed by atoms with Gasteiger partial charge in [-0.1, -0.05) is 60.7 Å². The summed E-state index contributed by atoms with van der Waals surface area (Å²) in [7, 11) is 0. The lowest BCUT2D eigenvalue weighted by Crippen LogP contribution is -2.38. The van der Waals surface area contributed by atoms with E-state index in [1.165, 1.54) is 0 Å². The van der Waals surface area contributed by atoms with Crippen LogP contribution in [-0.2, 0) is 32.2 Å². The SMILES string of the molecule is O=C(NCCC1CC(NC(=O)OCc2ccccc2)C(=O)O1)OCc1ccccc1. The number of nitrogens with one attached hydrogen (secondary N) is 2. The lowest BCUT2D eigenvalue weighted by Gasteiger charge is -2.11. The second kappa shape index (κ2) is 10.8. The standard InChI is InChI=1S/C22H24N2O6/c25-20-19(24-22(27)29-15-17-9-5-2-6-10-17)13-18(30-20)11-12-23-21(26)28-14-16-7-3-1-4-8-16/h1-10,18-19H,11-15H2,(H,23,26)(H,24,27). The molecule has 0 aliphatic carbocycles. The van der Waals surface area contributed by atoms with E-state index >= 15 is 0 Å². The Morgan fingerprint density at radius 3 is 2.07 bits per heavy atom. The van der Waals surface area contributed by atoms with Crippen LogP contribution in [0.25, 0.3) is 0 Å². The van der Waals surface area contributed by atoms with Crippen LogP contribution >= 0.6 is 0 Å². The Morgan fingerprint density at radius 2 is 1.47 bits per heavy atom. The molecule has 0 aromatic heterocycles. The summed E-state index contributed by atoms with van der Waals surface area (Å²) in [5, 5.41) is 5.14. The number of esters is 1. The maximum atomic E-state index is 11.9. The molecule has 3 rings (SSSR count). The number of cyclic esters (lactones) is 1. The summed E-state index contributed by atoms with van der Waals surface area (Å²) in [5.74, 6) is -0.511. The highest BCUT2D eigenvalue weighted by atomic mass is 16.6. The largest absolute Gasteiger partial charge is 0.461 e. The van der Waals surface area contributed by atoms with Crippen molar-refractivity contribution in [2.24, 2.45) is 0 Å². The molecule has 158 valence electrons. The van der Waals surface area contributed by atoms with Crippen LogP contribution in [0.2, 0.25) is 0 Å². The molecule has 0 spiro atoms. The topological polar surface area (TPSA) is 103 Å². The Kier molecular flexibility index (Phi) is 7.65.